The minimum absolute atomic E-state index is 0.243. The molecule has 1 N–H and O–H groups in total. The van der Waals surface area contributed by atoms with E-state index >= 15 is 0 Å². The minimum Gasteiger partial charge on any atom is -0.493 e. The van der Waals surface area contributed by atoms with Gasteiger partial charge in [0.2, 0.25) is 0 Å². The summed E-state index contributed by atoms with van der Waals surface area (Å²) in [5.74, 6) is 1.04. The molecule has 0 spiro atoms. The van der Waals surface area contributed by atoms with E-state index in [1.165, 1.54) is 0 Å². The molecule has 0 radical (unpaired) electrons. The van der Waals surface area contributed by atoms with Gasteiger partial charge in [0.15, 0.2) is 12.6 Å². The van der Waals surface area contributed by atoms with Crippen LogP contribution >= 0.6 is 0 Å². The van der Waals surface area contributed by atoms with E-state index in [0.29, 0.717) is 32.7 Å². The minimum atomic E-state index is -0.636. The van der Waals surface area contributed by atoms with Crippen LogP contribution < -0.4 is 4.74 Å². The van der Waals surface area contributed by atoms with Crippen molar-refractivity contribution >= 4 is 6.29 Å². The molecule has 188 valence electrons. The predicted molar refractivity (Wildman–Crippen MR) is 126 cm³/mol. The van der Waals surface area contributed by atoms with Gasteiger partial charge in [-0.2, -0.15) is 0 Å². The van der Waals surface area contributed by atoms with Crippen LogP contribution in [-0.2, 0) is 23.7 Å². The summed E-state index contributed by atoms with van der Waals surface area (Å²) >= 11 is 0. The number of aldehydes is 1. The Morgan fingerprint density at radius 3 is 2.44 bits per heavy atom. The zero-order valence-corrected chi connectivity index (χ0v) is 19.9. The van der Waals surface area contributed by atoms with Crippen molar-refractivity contribution in [3.05, 3.63) is 42.2 Å². The molecule has 7 heteroatoms. The van der Waals surface area contributed by atoms with E-state index in [4.69, 9.17) is 23.7 Å². The highest BCUT2D eigenvalue weighted by molar-refractivity contribution is 5.50. The summed E-state index contributed by atoms with van der Waals surface area (Å²) in [5.41, 5.74) is 0. The van der Waals surface area contributed by atoms with E-state index in [0.717, 1.165) is 56.3 Å². The summed E-state index contributed by atoms with van der Waals surface area (Å²) in [6, 6.07) is 9.70. The molecular weight excluding hydrogens is 436 g/mol. The molecule has 3 fully saturated rings. The highest BCUT2D eigenvalue weighted by Gasteiger charge is 2.47. The molecule has 1 aromatic rings. The van der Waals surface area contributed by atoms with E-state index in [1.54, 1.807) is 0 Å². The van der Waals surface area contributed by atoms with Crippen LogP contribution in [0.1, 0.15) is 57.8 Å². The van der Waals surface area contributed by atoms with Gasteiger partial charge in [-0.25, -0.2) is 0 Å². The first kappa shape index (κ1) is 25.2. The normalized spacial score (nSPS) is 32.3. The third-order valence-electron chi connectivity index (χ3n) is 6.87. The molecule has 1 aromatic carbocycles. The lowest BCUT2D eigenvalue weighted by atomic mass is 9.88. The maximum atomic E-state index is 11.5. The van der Waals surface area contributed by atoms with E-state index < -0.39 is 6.10 Å². The van der Waals surface area contributed by atoms with Crippen molar-refractivity contribution in [2.24, 2.45) is 11.8 Å². The number of carbonyl (C=O) groups excluding carboxylic acids is 1. The highest BCUT2D eigenvalue weighted by Crippen LogP contribution is 2.43. The van der Waals surface area contributed by atoms with Gasteiger partial charge in [-0.15, -0.1) is 0 Å². The topological polar surface area (TPSA) is 83.5 Å². The lowest BCUT2D eigenvalue weighted by Crippen LogP contribution is -2.34. The molecule has 0 aromatic heterocycles. The van der Waals surface area contributed by atoms with Gasteiger partial charge in [0, 0.05) is 44.1 Å². The predicted octanol–water partition coefficient (Wildman–Crippen LogP) is 4.38. The zero-order chi connectivity index (χ0) is 23.6. The number of para-hydroxylation sites is 1. The molecule has 2 heterocycles. The number of hydrogen-bond acceptors (Lipinski definition) is 7. The van der Waals surface area contributed by atoms with Gasteiger partial charge in [-0.05, 0) is 50.3 Å². The van der Waals surface area contributed by atoms with Gasteiger partial charge >= 0.3 is 0 Å². The largest absolute Gasteiger partial charge is 0.493 e. The fraction of sp³-hybridized carbons (Fsp3) is 0.667. The van der Waals surface area contributed by atoms with E-state index in [1.807, 2.05) is 36.4 Å². The van der Waals surface area contributed by atoms with Crippen molar-refractivity contribution in [1.29, 1.82) is 0 Å². The quantitative estimate of drug-likeness (QED) is 0.289. The number of benzene rings is 1. The molecule has 0 bridgehead atoms. The molecule has 1 saturated carbocycles. The first-order valence-corrected chi connectivity index (χ1v) is 12.8. The first-order chi connectivity index (χ1) is 16.7. The second-order valence-electron chi connectivity index (χ2n) is 9.34. The maximum Gasteiger partial charge on any atom is 0.199 e. The zero-order valence-electron chi connectivity index (χ0n) is 19.9. The first-order valence-electron chi connectivity index (χ1n) is 12.8. The Bertz CT molecular complexity index is 756. The SMILES string of the molecule is O=CC[C@H]1[C@H](C(=CCCOc2ccccc2)OC2CCCCO2)[C@@H](OC2CCCCO2)C[C@H]1O. The molecular formula is C27H38O7. The van der Waals surface area contributed by atoms with Crippen LogP contribution in [0.2, 0.25) is 0 Å². The molecule has 6 atom stereocenters. The van der Waals surface area contributed by atoms with E-state index in [9.17, 15) is 9.90 Å². The number of hydrogen-bond donors (Lipinski definition) is 1. The number of aliphatic hydroxyl groups excluding tert-OH is 1. The molecule has 34 heavy (non-hydrogen) atoms. The van der Waals surface area contributed by atoms with Gasteiger partial charge < -0.3 is 33.6 Å². The third-order valence-corrected chi connectivity index (χ3v) is 6.87. The summed E-state index contributed by atoms with van der Waals surface area (Å²) in [6.07, 6.45) is 8.58. The summed E-state index contributed by atoms with van der Waals surface area (Å²) < 4.78 is 30.3. The fourth-order valence-electron chi connectivity index (χ4n) is 5.15. The van der Waals surface area contributed by atoms with Crippen molar-refractivity contribution < 1.29 is 33.6 Å². The number of rotatable bonds is 11. The average molecular weight is 475 g/mol. The van der Waals surface area contributed by atoms with Crippen LogP contribution in [0.15, 0.2) is 42.2 Å². The Morgan fingerprint density at radius 2 is 1.76 bits per heavy atom. The molecule has 0 amide bonds. The van der Waals surface area contributed by atoms with Crippen molar-refractivity contribution in [2.45, 2.75) is 82.6 Å². The van der Waals surface area contributed by atoms with Crippen molar-refractivity contribution in [2.75, 3.05) is 19.8 Å². The van der Waals surface area contributed by atoms with Crippen LogP contribution in [0.3, 0.4) is 0 Å². The molecule has 3 aliphatic rings. The second kappa shape index (κ2) is 13.2. The Balaban J connectivity index is 1.50. The maximum absolute atomic E-state index is 11.5. The summed E-state index contributed by atoms with van der Waals surface area (Å²) in [5, 5.41) is 10.8. The number of aliphatic hydroxyl groups is 1. The average Bonchev–Trinajstić information content (AvgIpc) is 3.17. The van der Waals surface area contributed by atoms with Crippen LogP contribution in [0.25, 0.3) is 0 Å². The Morgan fingerprint density at radius 1 is 1.03 bits per heavy atom. The summed E-state index contributed by atoms with van der Waals surface area (Å²) in [6.45, 7) is 1.86. The van der Waals surface area contributed by atoms with Crippen molar-refractivity contribution in [1.82, 2.24) is 0 Å². The number of carbonyl (C=O) groups is 1. The smallest absolute Gasteiger partial charge is 0.199 e. The molecule has 1 aliphatic carbocycles. The molecule has 2 aliphatic heterocycles. The van der Waals surface area contributed by atoms with Gasteiger partial charge in [-0.3, -0.25) is 0 Å². The van der Waals surface area contributed by atoms with Crippen molar-refractivity contribution in [3.63, 3.8) is 0 Å². The molecule has 4 rings (SSSR count). The second-order valence-corrected chi connectivity index (χ2v) is 9.34. The van der Waals surface area contributed by atoms with Crippen molar-refractivity contribution in [3.8, 4) is 5.75 Å². The van der Waals surface area contributed by atoms with Crippen LogP contribution in [0.5, 0.6) is 5.75 Å². The highest BCUT2D eigenvalue weighted by atomic mass is 16.7. The van der Waals surface area contributed by atoms with Gasteiger partial charge in [0.25, 0.3) is 0 Å². The monoisotopic (exact) mass is 474 g/mol. The van der Waals surface area contributed by atoms with Crippen LogP contribution in [-0.4, -0.2) is 56.0 Å². The summed E-state index contributed by atoms with van der Waals surface area (Å²) in [7, 11) is 0. The van der Waals surface area contributed by atoms with E-state index in [-0.39, 0.29) is 36.9 Å². The molecule has 2 unspecified atom stereocenters. The van der Waals surface area contributed by atoms with Gasteiger partial charge in [-0.1, -0.05) is 18.2 Å². The molecule has 7 nitrogen and oxygen atoms in total. The Kier molecular flexibility index (Phi) is 9.80. The summed E-state index contributed by atoms with van der Waals surface area (Å²) in [4.78, 5) is 11.5. The van der Waals surface area contributed by atoms with Gasteiger partial charge in [0.1, 0.15) is 17.8 Å². The Hall–Kier alpha value is -1.93. The van der Waals surface area contributed by atoms with Crippen LogP contribution in [0, 0.1) is 11.8 Å². The van der Waals surface area contributed by atoms with Crippen LogP contribution in [0.4, 0.5) is 0 Å². The van der Waals surface area contributed by atoms with E-state index in [2.05, 4.69) is 0 Å². The fourth-order valence-corrected chi connectivity index (χ4v) is 5.15. The lowest BCUT2D eigenvalue weighted by Gasteiger charge is -2.33. The standard InChI is InChI=1S/C27H38O7/c28-15-14-21-22(29)19-24(34-26-13-5-7-17-32-26)27(21)23(33-25-12-4-6-16-31-25)11-8-18-30-20-9-2-1-3-10-20/h1-3,9-11,15,21-22,24-27,29H,4-8,12-14,16-19H2/t21-,22-,24+,25?,26?,27-/m1/s1. The number of ether oxygens (including phenoxy) is 5. The Labute approximate surface area is 202 Å². The third kappa shape index (κ3) is 7.04. The van der Waals surface area contributed by atoms with Gasteiger partial charge in [0.05, 0.1) is 25.4 Å². The molecule has 2 saturated heterocycles. The lowest BCUT2D eigenvalue weighted by molar-refractivity contribution is -0.201.